The van der Waals surface area contributed by atoms with E-state index in [2.05, 4.69) is 20.5 Å². The second-order valence-corrected chi connectivity index (χ2v) is 8.27. The van der Waals surface area contributed by atoms with Gasteiger partial charge in [-0.15, -0.1) is 11.3 Å². The van der Waals surface area contributed by atoms with Gasteiger partial charge in [0.05, 0.1) is 15.5 Å². The first-order valence-electron chi connectivity index (χ1n) is 7.92. The molecule has 0 atom stereocenters. The molecule has 7 nitrogen and oxygen atoms in total. The number of H-pyrrole nitrogens is 1. The third kappa shape index (κ3) is 3.29. The van der Waals surface area contributed by atoms with Gasteiger partial charge in [0.25, 0.3) is 18.2 Å². The molecular weight excluding hydrogens is 491 g/mol. The van der Waals surface area contributed by atoms with Crippen LogP contribution in [0.1, 0.15) is 56.6 Å². The molecule has 11 heteroatoms. The zero-order valence-electron chi connectivity index (χ0n) is 13.6. The third-order valence-corrected chi connectivity index (χ3v) is 6.15. The minimum Gasteiger partial charge on any atom is -0.365 e. The molecule has 3 heterocycles. The molecule has 0 bridgehead atoms. The van der Waals surface area contributed by atoms with Crippen LogP contribution in [0, 0.1) is 3.57 Å². The number of nitrogens with zero attached hydrogens (tertiary/aromatic N) is 2. The fourth-order valence-electron chi connectivity index (χ4n) is 2.87. The van der Waals surface area contributed by atoms with Gasteiger partial charge in [-0.3, -0.25) is 14.7 Å². The molecule has 0 radical (unpaired) electrons. The van der Waals surface area contributed by atoms with Gasteiger partial charge in [0.15, 0.2) is 0 Å². The maximum absolute atomic E-state index is 13.2. The molecule has 27 heavy (non-hydrogen) atoms. The first-order valence-corrected chi connectivity index (χ1v) is 9.81. The van der Waals surface area contributed by atoms with Gasteiger partial charge in [-0.05, 0) is 53.0 Å². The zero-order chi connectivity index (χ0) is 19.3. The number of rotatable bonds is 5. The van der Waals surface area contributed by atoms with Crippen molar-refractivity contribution in [3.05, 3.63) is 37.7 Å². The highest BCUT2D eigenvalue weighted by molar-refractivity contribution is 14.1. The normalized spacial score (nSPS) is 14.1. The number of anilines is 1. The van der Waals surface area contributed by atoms with Crippen molar-refractivity contribution in [3.8, 4) is 0 Å². The van der Waals surface area contributed by atoms with Gasteiger partial charge in [-0.25, -0.2) is 13.8 Å². The van der Waals surface area contributed by atoms with Gasteiger partial charge in [0, 0.05) is 5.39 Å². The van der Waals surface area contributed by atoms with E-state index in [0.29, 0.717) is 14.5 Å². The van der Waals surface area contributed by atoms with E-state index in [1.165, 1.54) is 12.3 Å². The molecule has 2 amide bonds. The van der Waals surface area contributed by atoms with E-state index >= 15 is 0 Å². The number of carbonyl (C=O) groups is 2. The number of fused-ring (bicyclic) bond motifs is 1. The number of amides is 2. The summed E-state index contributed by atoms with van der Waals surface area (Å²) in [6.45, 7) is 0. The lowest BCUT2D eigenvalue weighted by atomic mass is 10.0. The smallest absolute Gasteiger partial charge is 0.280 e. The van der Waals surface area contributed by atoms with Gasteiger partial charge >= 0.3 is 0 Å². The Bertz CT molecular complexity index is 1080. The van der Waals surface area contributed by atoms with Crippen molar-refractivity contribution in [1.29, 1.82) is 0 Å². The first kappa shape index (κ1) is 18.2. The summed E-state index contributed by atoms with van der Waals surface area (Å²) in [6, 6.07) is 1.36. The molecule has 0 spiro atoms. The average molecular weight is 503 g/mol. The highest BCUT2D eigenvalue weighted by Crippen LogP contribution is 2.48. The number of pyridine rings is 1. The maximum Gasteiger partial charge on any atom is 0.280 e. The molecule has 0 aliphatic heterocycles. The number of nitrogens with two attached hydrogens (primary N) is 1. The lowest BCUT2D eigenvalue weighted by molar-refractivity contribution is 0.100. The summed E-state index contributed by atoms with van der Waals surface area (Å²) < 4.78 is 27.1. The number of alkyl halides is 2. The number of aromatic nitrogens is 3. The van der Waals surface area contributed by atoms with Crippen LogP contribution >= 0.6 is 33.9 Å². The number of hydrogen-bond donors (Lipinski definition) is 3. The Labute approximate surface area is 168 Å². The molecule has 0 unspecified atom stereocenters. The zero-order valence-corrected chi connectivity index (χ0v) is 16.5. The lowest BCUT2D eigenvalue weighted by Crippen LogP contribution is -2.18. The van der Waals surface area contributed by atoms with Crippen molar-refractivity contribution in [3.63, 3.8) is 0 Å². The predicted octanol–water partition coefficient (Wildman–Crippen LogP) is 3.79. The Morgan fingerprint density at radius 2 is 2.15 bits per heavy atom. The monoisotopic (exact) mass is 503 g/mol. The van der Waals surface area contributed by atoms with Crippen molar-refractivity contribution in [2.45, 2.75) is 25.2 Å². The van der Waals surface area contributed by atoms with Crippen molar-refractivity contribution in [2.24, 2.45) is 5.73 Å². The average Bonchev–Trinajstić information content (AvgIpc) is 3.27. The minimum atomic E-state index is -2.73. The fourth-order valence-corrected chi connectivity index (χ4v) is 4.40. The van der Waals surface area contributed by atoms with E-state index in [1.54, 1.807) is 0 Å². The molecule has 4 N–H and O–H groups in total. The van der Waals surface area contributed by atoms with Crippen LogP contribution in [0.2, 0.25) is 0 Å². The molecule has 1 saturated carbocycles. The molecule has 3 aromatic heterocycles. The van der Waals surface area contributed by atoms with Crippen LogP contribution in [0.5, 0.6) is 0 Å². The van der Waals surface area contributed by atoms with Crippen LogP contribution in [0.25, 0.3) is 10.2 Å². The van der Waals surface area contributed by atoms with Crippen LogP contribution in [-0.2, 0) is 0 Å². The van der Waals surface area contributed by atoms with E-state index in [0.717, 1.165) is 24.2 Å². The van der Waals surface area contributed by atoms with E-state index in [-0.39, 0.29) is 32.7 Å². The molecular formula is C16H12F2IN5O2S. The minimum absolute atomic E-state index is 0.0775. The maximum atomic E-state index is 13.2. The lowest BCUT2D eigenvalue weighted by Gasteiger charge is -2.09. The van der Waals surface area contributed by atoms with E-state index in [4.69, 9.17) is 5.73 Å². The summed E-state index contributed by atoms with van der Waals surface area (Å²) in [5, 5.41) is 9.59. The van der Waals surface area contributed by atoms with Crippen LogP contribution in [0.3, 0.4) is 0 Å². The highest BCUT2D eigenvalue weighted by atomic mass is 127. The Morgan fingerprint density at radius 3 is 2.70 bits per heavy atom. The molecule has 4 rings (SSSR count). The fraction of sp³-hybridized carbons (Fsp3) is 0.250. The Hall–Kier alpha value is -2.15. The second-order valence-electron chi connectivity index (χ2n) is 6.11. The van der Waals surface area contributed by atoms with Gasteiger partial charge < -0.3 is 11.1 Å². The number of hydrogen-bond acceptors (Lipinski definition) is 5. The van der Waals surface area contributed by atoms with Crippen molar-refractivity contribution in [1.82, 2.24) is 15.2 Å². The Balaban J connectivity index is 1.90. The number of primary amides is 1. The third-order valence-electron chi connectivity index (χ3n) is 4.24. The van der Waals surface area contributed by atoms with Crippen LogP contribution in [0.15, 0.2) is 12.3 Å². The number of nitrogens with one attached hydrogen (secondary N) is 2. The summed E-state index contributed by atoms with van der Waals surface area (Å²) in [6.07, 6.45) is 0.475. The molecule has 0 saturated heterocycles. The van der Waals surface area contributed by atoms with E-state index < -0.39 is 18.2 Å². The standard InChI is InChI=1S/C16H12F2IN5O2S/c17-13(18)8-3-6(5-1-2-5)9-11(12(14(20)25)27-16(9)22-8)23-15(26)10-7(19)4-21-24-10/h3-5,13H,1-2H2,(H2,20,25)(H,21,24)(H,23,26). The summed E-state index contributed by atoms with van der Waals surface area (Å²) >= 11 is 2.86. The number of halogens is 3. The van der Waals surface area contributed by atoms with Crippen LogP contribution in [-0.4, -0.2) is 27.0 Å². The summed E-state index contributed by atoms with van der Waals surface area (Å²) in [5.41, 5.74) is 6.23. The molecule has 1 aliphatic carbocycles. The van der Waals surface area contributed by atoms with Crippen LogP contribution in [0.4, 0.5) is 14.5 Å². The van der Waals surface area contributed by atoms with E-state index in [9.17, 15) is 18.4 Å². The number of thiophene rings is 1. The van der Waals surface area contributed by atoms with Gasteiger partial charge in [0.1, 0.15) is 21.1 Å². The summed E-state index contributed by atoms with van der Waals surface area (Å²) in [4.78, 5) is 28.9. The largest absolute Gasteiger partial charge is 0.365 e. The Kier molecular flexibility index (Phi) is 4.58. The highest BCUT2D eigenvalue weighted by Gasteiger charge is 2.32. The first-order chi connectivity index (χ1) is 12.9. The topological polar surface area (TPSA) is 114 Å². The van der Waals surface area contributed by atoms with Crippen LogP contribution < -0.4 is 11.1 Å². The molecule has 3 aromatic rings. The Morgan fingerprint density at radius 1 is 1.41 bits per heavy atom. The van der Waals surface area contributed by atoms with Gasteiger partial charge in [-0.2, -0.15) is 5.10 Å². The molecule has 1 aliphatic rings. The summed E-state index contributed by atoms with van der Waals surface area (Å²) in [5.74, 6) is -1.15. The quantitative estimate of drug-likeness (QED) is 0.460. The van der Waals surface area contributed by atoms with Gasteiger partial charge in [-0.1, -0.05) is 0 Å². The van der Waals surface area contributed by atoms with Crippen molar-refractivity contribution in [2.75, 3.05) is 5.32 Å². The second kappa shape index (κ2) is 6.78. The number of carbonyl (C=O) groups excluding carboxylic acids is 2. The van der Waals surface area contributed by atoms with Gasteiger partial charge in [0.2, 0.25) is 0 Å². The predicted molar refractivity (Wildman–Crippen MR) is 104 cm³/mol. The molecule has 1 fully saturated rings. The molecule has 140 valence electrons. The van der Waals surface area contributed by atoms with E-state index in [1.807, 2.05) is 22.6 Å². The molecule has 0 aromatic carbocycles. The number of aromatic amines is 1. The summed E-state index contributed by atoms with van der Waals surface area (Å²) in [7, 11) is 0. The van der Waals surface area contributed by atoms with Crippen molar-refractivity contribution < 1.29 is 18.4 Å². The SMILES string of the molecule is NC(=O)c1sc2nc(C(F)F)cc(C3CC3)c2c1NC(=O)c1[nH]ncc1I. The van der Waals surface area contributed by atoms with Crippen molar-refractivity contribution >= 4 is 61.6 Å².